The maximum absolute atomic E-state index is 3.82. The molecule has 1 heteroatoms. The minimum atomic E-state index is 0.418. The number of unbranched alkanes of at least 4 members (excludes halogenated alkanes) is 4. The maximum atomic E-state index is 3.82. The van der Waals surface area contributed by atoms with Crippen molar-refractivity contribution in [3.05, 3.63) is 35.4 Å². The van der Waals surface area contributed by atoms with Gasteiger partial charge in [-0.3, -0.25) is 0 Å². The highest BCUT2D eigenvalue weighted by Gasteiger charge is 2.34. The largest absolute Gasteiger partial charge is 0.0918 e. The first-order valence-corrected chi connectivity index (χ1v) is 9.09. The molecule has 0 aromatic heterocycles. The second-order valence-electron chi connectivity index (χ2n) is 6.09. The van der Waals surface area contributed by atoms with Crippen molar-refractivity contribution in [2.24, 2.45) is 0 Å². The van der Waals surface area contributed by atoms with E-state index in [0.29, 0.717) is 5.41 Å². The lowest BCUT2D eigenvalue weighted by molar-refractivity contribution is 0.359. The van der Waals surface area contributed by atoms with Crippen LogP contribution in [0.25, 0.3) is 0 Å². The van der Waals surface area contributed by atoms with E-state index in [1.165, 1.54) is 57.8 Å². The standard InChI is InChI=1S/C18H27Br/c1-2-3-4-5-8-13-18(15-19)14-9-11-16-10-6-7-12-17(16)18/h6-7,10,12H,2-5,8-9,11,13-15H2,1H3. The summed E-state index contributed by atoms with van der Waals surface area (Å²) in [5.41, 5.74) is 3.65. The van der Waals surface area contributed by atoms with Crippen LogP contribution in [0.2, 0.25) is 0 Å². The van der Waals surface area contributed by atoms with Crippen molar-refractivity contribution in [1.82, 2.24) is 0 Å². The fourth-order valence-electron chi connectivity index (χ4n) is 3.54. The zero-order valence-corrected chi connectivity index (χ0v) is 13.8. The van der Waals surface area contributed by atoms with Gasteiger partial charge in [-0.25, -0.2) is 0 Å². The van der Waals surface area contributed by atoms with Crippen molar-refractivity contribution in [3.63, 3.8) is 0 Å². The molecule has 1 aromatic carbocycles. The van der Waals surface area contributed by atoms with Gasteiger partial charge >= 0.3 is 0 Å². The van der Waals surface area contributed by atoms with Gasteiger partial charge in [0.15, 0.2) is 0 Å². The summed E-state index contributed by atoms with van der Waals surface area (Å²) in [6, 6.07) is 9.13. The van der Waals surface area contributed by atoms with Crippen molar-refractivity contribution in [2.45, 2.75) is 70.1 Å². The van der Waals surface area contributed by atoms with Crippen molar-refractivity contribution in [1.29, 1.82) is 0 Å². The van der Waals surface area contributed by atoms with Gasteiger partial charge in [0.05, 0.1) is 0 Å². The van der Waals surface area contributed by atoms with Crippen LogP contribution in [-0.2, 0) is 11.8 Å². The molecule has 106 valence electrons. The van der Waals surface area contributed by atoms with E-state index in [0.717, 1.165) is 5.33 Å². The second-order valence-corrected chi connectivity index (χ2v) is 6.65. The summed E-state index contributed by atoms with van der Waals surface area (Å²) in [7, 11) is 0. The Hall–Kier alpha value is -0.300. The van der Waals surface area contributed by atoms with Crippen LogP contribution in [0, 0.1) is 0 Å². The fourth-order valence-corrected chi connectivity index (χ4v) is 4.40. The summed E-state index contributed by atoms with van der Waals surface area (Å²) in [5, 5.41) is 1.13. The van der Waals surface area contributed by atoms with E-state index < -0.39 is 0 Å². The first-order chi connectivity index (χ1) is 9.32. The van der Waals surface area contributed by atoms with E-state index in [1.54, 1.807) is 11.1 Å². The molecule has 0 saturated heterocycles. The lowest BCUT2D eigenvalue weighted by Gasteiger charge is -2.38. The molecule has 0 fully saturated rings. The van der Waals surface area contributed by atoms with Gasteiger partial charge < -0.3 is 0 Å². The average molecular weight is 323 g/mol. The second kappa shape index (κ2) is 7.47. The summed E-state index contributed by atoms with van der Waals surface area (Å²) < 4.78 is 0. The minimum Gasteiger partial charge on any atom is -0.0918 e. The third-order valence-corrected chi connectivity index (χ3v) is 5.78. The van der Waals surface area contributed by atoms with Crippen LogP contribution in [0.4, 0.5) is 0 Å². The molecule has 1 aliphatic carbocycles. The average Bonchev–Trinajstić information content (AvgIpc) is 2.47. The van der Waals surface area contributed by atoms with E-state index >= 15 is 0 Å². The molecular formula is C18H27Br. The molecule has 0 radical (unpaired) electrons. The molecule has 2 rings (SSSR count). The number of alkyl halides is 1. The molecule has 0 N–H and O–H groups in total. The minimum absolute atomic E-state index is 0.418. The lowest BCUT2D eigenvalue weighted by atomic mass is 9.68. The molecule has 0 bridgehead atoms. The smallest absolute Gasteiger partial charge is 0.0129 e. The summed E-state index contributed by atoms with van der Waals surface area (Å²) in [6.07, 6.45) is 12.3. The van der Waals surface area contributed by atoms with E-state index in [1.807, 2.05) is 0 Å². The number of hydrogen-bond donors (Lipinski definition) is 0. The Kier molecular flexibility index (Phi) is 5.94. The van der Waals surface area contributed by atoms with Gasteiger partial charge in [-0.1, -0.05) is 79.2 Å². The van der Waals surface area contributed by atoms with E-state index in [4.69, 9.17) is 0 Å². The topological polar surface area (TPSA) is 0 Å². The third-order valence-electron chi connectivity index (χ3n) is 4.70. The zero-order chi connectivity index (χ0) is 13.6. The number of benzene rings is 1. The Labute approximate surface area is 127 Å². The van der Waals surface area contributed by atoms with Crippen molar-refractivity contribution >= 4 is 15.9 Å². The first-order valence-electron chi connectivity index (χ1n) is 7.97. The summed E-state index contributed by atoms with van der Waals surface area (Å²) >= 11 is 3.82. The predicted octanol–water partition coefficient (Wildman–Crippen LogP) is 6.02. The van der Waals surface area contributed by atoms with Crippen LogP contribution in [0.5, 0.6) is 0 Å². The normalized spacial score (nSPS) is 22.2. The molecule has 0 saturated carbocycles. The Balaban J connectivity index is 2.02. The molecule has 0 spiro atoms. The Morgan fingerprint density at radius 3 is 2.68 bits per heavy atom. The molecular weight excluding hydrogens is 296 g/mol. The van der Waals surface area contributed by atoms with Crippen LogP contribution in [0.3, 0.4) is 0 Å². The van der Waals surface area contributed by atoms with Crippen LogP contribution in [0.1, 0.15) is 69.4 Å². The van der Waals surface area contributed by atoms with Gasteiger partial charge in [-0.15, -0.1) is 0 Å². The van der Waals surface area contributed by atoms with Gasteiger partial charge in [-0.2, -0.15) is 0 Å². The van der Waals surface area contributed by atoms with E-state index in [2.05, 4.69) is 47.1 Å². The maximum Gasteiger partial charge on any atom is 0.0129 e. The van der Waals surface area contributed by atoms with Gasteiger partial charge in [0.25, 0.3) is 0 Å². The molecule has 1 atom stereocenters. The number of rotatable bonds is 7. The number of fused-ring (bicyclic) bond motifs is 1. The van der Waals surface area contributed by atoms with Crippen LogP contribution < -0.4 is 0 Å². The van der Waals surface area contributed by atoms with Gasteiger partial charge in [0, 0.05) is 10.7 Å². The molecule has 1 aliphatic rings. The van der Waals surface area contributed by atoms with E-state index in [9.17, 15) is 0 Å². The van der Waals surface area contributed by atoms with Gasteiger partial charge in [-0.05, 0) is 36.8 Å². The van der Waals surface area contributed by atoms with Crippen molar-refractivity contribution < 1.29 is 0 Å². The number of hydrogen-bond acceptors (Lipinski definition) is 0. The quantitative estimate of drug-likeness (QED) is 0.425. The van der Waals surface area contributed by atoms with Gasteiger partial charge in [0.2, 0.25) is 0 Å². The van der Waals surface area contributed by atoms with Gasteiger partial charge in [0.1, 0.15) is 0 Å². The van der Waals surface area contributed by atoms with Crippen LogP contribution >= 0.6 is 15.9 Å². The summed E-state index contributed by atoms with van der Waals surface area (Å²) in [6.45, 7) is 2.29. The fraction of sp³-hybridized carbons (Fsp3) is 0.667. The highest BCUT2D eigenvalue weighted by molar-refractivity contribution is 9.09. The molecule has 0 aliphatic heterocycles. The predicted molar refractivity (Wildman–Crippen MR) is 88.2 cm³/mol. The highest BCUT2D eigenvalue weighted by atomic mass is 79.9. The van der Waals surface area contributed by atoms with E-state index in [-0.39, 0.29) is 0 Å². The molecule has 0 heterocycles. The Morgan fingerprint density at radius 2 is 1.89 bits per heavy atom. The highest BCUT2D eigenvalue weighted by Crippen LogP contribution is 2.42. The zero-order valence-electron chi connectivity index (χ0n) is 12.3. The van der Waals surface area contributed by atoms with Crippen LogP contribution in [0.15, 0.2) is 24.3 Å². The molecule has 0 nitrogen and oxygen atoms in total. The Morgan fingerprint density at radius 1 is 1.11 bits per heavy atom. The summed E-state index contributed by atoms with van der Waals surface area (Å²) in [5.74, 6) is 0. The third kappa shape index (κ3) is 3.62. The lowest BCUT2D eigenvalue weighted by Crippen LogP contribution is -2.32. The molecule has 0 amide bonds. The number of aryl methyl sites for hydroxylation is 1. The van der Waals surface area contributed by atoms with Crippen LogP contribution in [-0.4, -0.2) is 5.33 Å². The van der Waals surface area contributed by atoms with Crippen molar-refractivity contribution in [2.75, 3.05) is 5.33 Å². The molecule has 19 heavy (non-hydrogen) atoms. The molecule has 1 aromatic rings. The monoisotopic (exact) mass is 322 g/mol. The Bertz CT molecular complexity index is 385. The summed E-state index contributed by atoms with van der Waals surface area (Å²) in [4.78, 5) is 0. The van der Waals surface area contributed by atoms with Crippen molar-refractivity contribution in [3.8, 4) is 0 Å². The number of halogens is 1. The molecule has 1 unspecified atom stereocenters. The SMILES string of the molecule is CCCCCCCC1(CBr)CCCc2ccccc21. The first kappa shape index (κ1) is 15.1.